The highest BCUT2D eigenvalue weighted by Crippen LogP contribution is 2.24. The van der Waals surface area contributed by atoms with Gasteiger partial charge in [0.2, 0.25) is 11.8 Å². The Morgan fingerprint density at radius 3 is 2.52 bits per heavy atom. The van der Waals surface area contributed by atoms with E-state index in [1.54, 1.807) is 11.6 Å². The molecule has 3 unspecified atom stereocenters. The molecule has 9 heteroatoms. The van der Waals surface area contributed by atoms with Crippen LogP contribution in [-0.4, -0.2) is 46.8 Å². The summed E-state index contributed by atoms with van der Waals surface area (Å²) in [7, 11) is 0. The molecule has 0 aromatic heterocycles. The van der Waals surface area contributed by atoms with Crippen LogP contribution in [0.4, 0.5) is 0 Å². The quantitative estimate of drug-likeness (QED) is 0.195. The molecule has 9 nitrogen and oxygen atoms in total. The predicted octanol–water partition coefficient (Wildman–Crippen LogP) is -0.0133. The van der Waals surface area contributed by atoms with E-state index in [9.17, 15) is 14.4 Å². The number of hydrogen-bond acceptors (Lipinski definition) is 6. The zero-order valence-electron chi connectivity index (χ0n) is 14.5. The molecule has 1 aliphatic rings. The molecule has 0 saturated heterocycles. The van der Waals surface area contributed by atoms with Crippen molar-refractivity contribution in [1.82, 2.24) is 21.6 Å². The van der Waals surface area contributed by atoms with Gasteiger partial charge in [-0.25, -0.2) is 11.0 Å². The minimum atomic E-state index is -0.761. The van der Waals surface area contributed by atoms with Gasteiger partial charge in [-0.15, -0.1) is 0 Å². The van der Waals surface area contributed by atoms with E-state index < -0.39 is 23.8 Å². The number of carbonyl (C=O) groups is 3. The van der Waals surface area contributed by atoms with E-state index in [2.05, 4.69) is 10.6 Å². The number of hydrogen-bond donors (Lipinski definition) is 6. The number of rotatable bonds is 9. The van der Waals surface area contributed by atoms with Gasteiger partial charge in [0.15, 0.2) is 0 Å². The molecule has 3 amide bonds. The van der Waals surface area contributed by atoms with Crippen LogP contribution in [0, 0.1) is 5.92 Å². The molecule has 142 valence electrons. The first kappa shape index (κ1) is 21.1. The number of nitrogens with one attached hydrogen (secondary N) is 4. The van der Waals surface area contributed by atoms with E-state index in [0.29, 0.717) is 12.8 Å². The Morgan fingerprint density at radius 2 is 1.88 bits per heavy atom. The molecule has 0 bridgehead atoms. The Bertz CT molecular complexity index is 483. The molecule has 0 spiro atoms. The fraction of sp³-hybridized carbons (Fsp3) is 0.688. The fourth-order valence-corrected chi connectivity index (χ4v) is 2.86. The first-order valence-corrected chi connectivity index (χ1v) is 8.60. The lowest BCUT2D eigenvalue weighted by molar-refractivity contribution is -0.136. The van der Waals surface area contributed by atoms with Crippen molar-refractivity contribution >= 4 is 17.7 Å². The van der Waals surface area contributed by atoms with E-state index in [-0.39, 0.29) is 18.5 Å². The monoisotopic (exact) mass is 356 g/mol. The number of unbranched alkanes of at least 4 members (excludes halogenated alkanes) is 1. The Morgan fingerprint density at radius 1 is 1.16 bits per heavy atom. The summed E-state index contributed by atoms with van der Waals surface area (Å²) in [5, 5.41) is 23.0. The Kier molecular flexibility index (Phi) is 9.75. The number of allylic oxidation sites excluding steroid dienone is 1. The first-order valence-electron chi connectivity index (χ1n) is 8.60. The van der Waals surface area contributed by atoms with Crippen LogP contribution in [-0.2, 0) is 14.4 Å². The standard InChI is InChI=1S/C16H28N4O5/c1-2-3-4-9-13(17-10-14(21)19-24)16(23)18-12-8-6-5-7-11(12)15(22)20-25/h4,9,11-13,17,24-25H,2-3,5-8,10H2,1H3,(H,18,23)(H,19,21)(H,20,22)/b9-4+. The normalized spacial score (nSPS) is 21.6. The number of carbonyl (C=O) groups excluding carboxylic acids is 3. The maximum absolute atomic E-state index is 12.5. The molecular formula is C16H28N4O5. The topological polar surface area (TPSA) is 140 Å². The zero-order valence-corrected chi connectivity index (χ0v) is 14.5. The summed E-state index contributed by atoms with van der Waals surface area (Å²) >= 11 is 0. The molecule has 0 heterocycles. The van der Waals surface area contributed by atoms with Gasteiger partial charge < -0.3 is 5.32 Å². The van der Waals surface area contributed by atoms with Crippen molar-refractivity contribution in [3.63, 3.8) is 0 Å². The van der Waals surface area contributed by atoms with Crippen LogP contribution >= 0.6 is 0 Å². The Labute approximate surface area is 147 Å². The second kappa shape index (κ2) is 11.6. The van der Waals surface area contributed by atoms with Crippen LogP contribution in [0.5, 0.6) is 0 Å². The van der Waals surface area contributed by atoms with Crippen LogP contribution in [0.1, 0.15) is 45.4 Å². The minimum Gasteiger partial charge on any atom is -0.351 e. The highest BCUT2D eigenvalue weighted by molar-refractivity contribution is 5.86. The molecule has 0 radical (unpaired) electrons. The number of amides is 3. The van der Waals surface area contributed by atoms with E-state index in [0.717, 1.165) is 25.7 Å². The van der Waals surface area contributed by atoms with Gasteiger partial charge >= 0.3 is 0 Å². The molecule has 1 aliphatic carbocycles. The molecule has 3 atom stereocenters. The Hall–Kier alpha value is -1.97. The summed E-state index contributed by atoms with van der Waals surface area (Å²) in [4.78, 5) is 35.5. The van der Waals surface area contributed by atoms with Crippen molar-refractivity contribution < 1.29 is 24.8 Å². The third-order valence-electron chi connectivity index (χ3n) is 4.21. The second-order valence-electron chi connectivity index (χ2n) is 6.09. The average molecular weight is 356 g/mol. The second-order valence-corrected chi connectivity index (χ2v) is 6.09. The van der Waals surface area contributed by atoms with E-state index in [4.69, 9.17) is 10.4 Å². The van der Waals surface area contributed by atoms with Gasteiger partial charge in [0.05, 0.1) is 12.5 Å². The van der Waals surface area contributed by atoms with Crippen molar-refractivity contribution in [2.75, 3.05) is 6.54 Å². The predicted molar refractivity (Wildman–Crippen MR) is 89.6 cm³/mol. The lowest BCUT2D eigenvalue weighted by Crippen LogP contribution is -2.53. The van der Waals surface area contributed by atoms with Crippen LogP contribution in [0.15, 0.2) is 12.2 Å². The van der Waals surface area contributed by atoms with Gasteiger partial charge in [-0.1, -0.05) is 38.3 Å². The van der Waals surface area contributed by atoms with Crippen LogP contribution in [0.25, 0.3) is 0 Å². The van der Waals surface area contributed by atoms with Gasteiger partial charge in [-0.3, -0.25) is 30.1 Å². The lowest BCUT2D eigenvalue weighted by atomic mass is 9.84. The van der Waals surface area contributed by atoms with Crippen molar-refractivity contribution in [3.8, 4) is 0 Å². The Balaban J connectivity index is 2.73. The van der Waals surface area contributed by atoms with Crippen molar-refractivity contribution in [2.24, 2.45) is 5.92 Å². The zero-order chi connectivity index (χ0) is 18.7. The minimum absolute atomic E-state index is 0.226. The summed E-state index contributed by atoms with van der Waals surface area (Å²) in [6.07, 6.45) is 8.19. The molecule has 0 aromatic rings. The van der Waals surface area contributed by atoms with E-state index in [1.807, 2.05) is 13.0 Å². The molecule has 1 fully saturated rings. The van der Waals surface area contributed by atoms with Gasteiger partial charge in [-0.05, 0) is 19.3 Å². The molecule has 1 saturated carbocycles. The molecular weight excluding hydrogens is 328 g/mol. The summed E-state index contributed by atoms with van der Waals surface area (Å²) in [6.45, 7) is 1.78. The SMILES string of the molecule is CCC/C=C/C(NCC(=O)NO)C(=O)NC1CCCCC1C(=O)NO. The molecule has 0 aliphatic heterocycles. The maximum Gasteiger partial charge on any atom is 0.257 e. The summed E-state index contributed by atoms with van der Waals surface area (Å²) in [5.74, 6) is -2.00. The van der Waals surface area contributed by atoms with Crippen LogP contribution in [0.2, 0.25) is 0 Å². The van der Waals surface area contributed by atoms with Gasteiger partial charge in [0.25, 0.3) is 5.91 Å². The number of hydroxylamine groups is 2. The molecule has 0 aromatic carbocycles. The first-order chi connectivity index (χ1) is 12.0. The summed E-state index contributed by atoms with van der Waals surface area (Å²) in [6, 6.07) is -1.13. The van der Waals surface area contributed by atoms with Crippen molar-refractivity contribution in [1.29, 1.82) is 0 Å². The van der Waals surface area contributed by atoms with Crippen LogP contribution in [0.3, 0.4) is 0 Å². The molecule has 25 heavy (non-hydrogen) atoms. The van der Waals surface area contributed by atoms with Gasteiger partial charge in [0.1, 0.15) is 6.04 Å². The molecule has 6 N–H and O–H groups in total. The van der Waals surface area contributed by atoms with Gasteiger partial charge in [-0.2, -0.15) is 0 Å². The molecule has 1 rings (SSSR count). The fourth-order valence-electron chi connectivity index (χ4n) is 2.86. The lowest BCUT2D eigenvalue weighted by Gasteiger charge is -2.31. The summed E-state index contributed by atoms with van der Waals surface area (Å²) in [5.41, 5.74) is 3.16. The van der Waals surface area contributed by atoms with Gasteiger partial charge in [0, 0.05) is 6.04 Å². The largest absolute Gasteiger partial charge is 0.351 e. The third-order valence-corrected chi connectivity index (χ3v) is 4.21. The van der Waals surface area contributed by atoms with Crippen molar-refractivity contribution in [3.05, 3.63) is 12.2 Å². The highest BCUT2D eigenvalue weighted by atomic mass is 16.5. The van der Waals surface area contributed by atoms with E-state index >= 15 is 0 Å². The maximum atomic E-state index is 12.5. The van der Waals surface area contributed by atoms with E-state index in [1.165, 1.54) is 5.48 Å². The smallest absolute Gasteiger partial charge is 0.257 e. The highest BCUT2D eigenvalue weighted by Gasteiger charge is 2.33. The average Bonchev–Trinajstić information content (AvgIpc) is 2.63. The third kappa shape index (κ3) is 7.20. The van der Waals surface area contributed by atoms with Crippen molar-refractivity contribution in [2.45, 2.75) is 57.5 Å². The summed E-state index contributed by atoms with van der Waals surface area (Å²) < 4.78 is 0. The van der Waals surface area contributed by atoms with Crippen LogP contribution < -0.4 is 21.6 Å².